The maximum atomic E-state index is 11.3. The first-order chi connectivity index (χ1) is 9.41. The number of hydrogen-bond donors (Lipinski definition) is 2. The lowest BCUT2D eigenvalue weighted by Crippen LogP contribution is -2.11. The van der Waals surface area contributed by atoms with Crippen molar-refractivity contribution in [2.75, 3.05) is 0 Å². The van der Waals surface area contributed by atoms with Crippen molar-refractivity contribution < 1.29 is 9.59 Å². The number of aromatic nitrogens is 2. The number of nitrogens with two attached hydrogens (primary N) is 2. The Morgan fingerprint density at radius 1 is 0.900 bits per heavy atom. The van der Waals surface area contributed by atoms with Crippen LogP contribution in [0.3, 0.4) is 0 Å². The Bertz CT molecular complexity index is 628. The lowest BCUT2D eigenvalue weighted by Gasteiger charge is -1.99. The van der Waals surface area contributed by atoms with Crippen LogP contribution in [0.25, 0.3) is 0 Å². The van der Waals surface area contributed by atoms with Crippen molar-refractivity contribution in [2.45, 2.75) is 8.42 Å². The van der Waals surface area contributed by atoms with Crippen molar-refractivity contribution in [3.8, 4) is 0 Å². The molecule has 0 aliphatic carbocycles. The number of nitrogens with zero attached hydrogens (tertiary/aromatic N) is 2. The second-order valence-electron chi connectivity index (χ2n) is 3.17. The van der Waals surface area contributed by atoms with Gasteiger partial charge in [0.25, 0.3) is 11.8 Å². The average molecular weight is 387 g/mol. The lowest BCUT2D eigenvalue weighted by molar-refractivity contribution is 0.0989. The van der Waals surface area contributed by atoms with Crippen LogP contribution in [0.2, 0.25) is 10.3 Å². The molecule has 0 bridgehead atoms. The van der Waals surface area contributed by atoms with Gasteiger partial charge in [0.2, 0.25) is 0 Å². The van der Waals surface area contributed by atoms with Crippen LogP contribution >= 0.6 is 67.9 Å². The first-order valence-electron chi connectivity index (χ1n) is 4.66. The summed E-state index contributed by atoms with van der Waals surface area (Å²) in [5.41, 5.74) is 10.8. The van der Waals surface area contributed by atoms with E-state index in [0.29, 0.717) is 8.42 Å². The molecule has 2 rings (SSSR count). The Balaban J connectivity index is 2.22. The molecule has 0 radical (unpaired) electrons. The lowest BCUT2D eigenvalue weighted by atomic mass is 10.4. The van der Waals surface area contributed by atoms with Gasteiger partial charge in [-0.15, -0.1) is 0 Å². The van der Waals surface area contributed by atoms with E-state index in [2.05, 4.69) is 8.75 Å². The number of rotatable bonds is 5. The number of amides is 2. The fourth-order valence-corrected chi connectivity index (χ4v) is 6.29. The Morgan fingerprint density at radius 3 is 1.55 bits per heavy atom. The van der Waals surface area contributed by atoms with E-state index in [1.165, 1.54) is 21.6 Å². The summed E-state index contributed by atoms with van der Waals surface area (Å²) < 4.78 is 8.78. The fourth-order valence-electron chi connectivity index (χ4n) is 1.11. The number of primary amides is 2. The maximum absolute atomic E-state index is 11.3. The van der Waals surface area contributed by atoms with Crippen LogP contribution in [0.4, 0.5) is 0 Å². The van der Waals surface area contributed by atoms with E-state index in [1.807, 2.05) is 0 Å². The van der Waals surface area contributed by atoms with Gasteiger partial charge in [-0.25, -0.2) is 0 Å². The number of halogens is 2. The van der Waals surface area contributed by atoms with Crippen molar-refractivity contribution in [1.82, 2.24) is 8.75 Å². The first kappa shape index (κ1) is 15.9. The molecule has 20 heavy (non-hydrogen) atoms. The van der Waals surface area contributed by atoms with Gasteiger partial charge in [-0.2, -0.15) is 8.75 Å². The van der Waals surface area contributed by atoms with E-state index in [4.69, 9.17) is 34.7 Å². The highest BCUT2D eigenvalue weighted by molar-refractivity contribution is 8.77. The highest BCUT2D eigenvalue weighted by Gasteiger charge is 2.22. The molecule has 4 N–H and O–H groups in total. The van der Waals surface area contributed by atoms with Gasteiger partial charge in [0.1, 0.15) is 19.5 Å². The van der Waals surface area contributed by atoms with Crippen LogP contribution in [-0.2, 0) is 0 Å². The molecule has 0 aromatic carbocycles. The largest absolute Gasteiger partial charge is 0.365 e. The third-order valence-electron chi connectivity index (χ3n) is 1.92. The summed E-state index contributed by atoms with van der Waals surface area (Å²) in [5.74, 6) is -1.33. The molecule has 0 spiro atoms. The molecule has 0 unspecified atom stereocenters. The average Bonchev–Trinajstić information content (AvgIpc) is 2.89. The standard InChI is InChI=1S/C8H4Cl2N4O2S4/c9-3-1(5(11)15)7(17-13-3)19-20-8-2(6(12)16)4(10)14-18-8/h(H2,11,15)(H2,12,16). The highest BCUT2D eigenvalue weighted by atomic mass is 35.5. The summed E-state index contributed by atoms with van der Waals surface area (Å²) in [6.45, 7) is 0. The van der Waals surface area contributed by atoms with Gasteiger partial charge in [0.15, 0.2) is 10.3 Å². The van der Waals surface area contributed by atoms with Gasteiger partial charge >= 0.3 is 0 Å². The molecule has 2 aromatic heterocycles. The second kappa shape index (κ2) is 6.50. The van der Waals surface area contributed by atoms with E-state index >= 15 is 0 Å². The number of carbonyl (C=O) groups excluding carboxylic acids is 2. The van der Waals surface area contributed by atoms with Crippen LogP contribution in [-0.4, -0.2) is 20.6 Å². The summed E-state index contributed by atoms with van der Waals surface area (Å²) in [5, 5.41) is 0.117. The SMILES string of the molecule is NC(=O)c1c(Cl)nsc1SSc1snc(Cl)c1C(N)=O. The zero-order chi connectivity index (χ0) is 14.9. The van der Waals surface area contributed by atoms with E-state index in [0.717, 1.165) is 23.1 Å². The summed E-state index contributed by atoms with van der Waals surface area (Å²) in [6, 6.07) is 0. The Labute approximate surface area is 138 Å². The third kappa shape index (κ3) is 3.21. The monoisotopic (exact) mass is 386 g/mol. The summed E-state index contributed by atoms with van der Waals surface area (Å²) in [6.07, 6.45) is 0. The normalized spacial score (nSPS) is 10.7. The smallest absolute Gasteiger partial charge is 0.253 e. The van der Waals surface area contributed by atoms with E-state index < -0.39 is 11.8 Å². The Kier molecular flexibility index (Phi) is 5.15. The molecule has 2 amide bonds. The quantitative estimate of drug-likeness (QED) is 0.763. The maximum Gasteiger partial charge on any atom is 0.253 e. The number of carbonyl (C=O) groups is 2. The molecule has 0 saturated carbocycles. The molecule has 0 saturated heterocycles. The van der Waals surface area contributed by atoms with Crippen LogP contribution in [0, 0.1) is 0 Å². The van der Waals surface area contributed by atoms with Gasteiger partial charge in [-0.1, -0.05) is 23.2 Å². The summed E-state index contributed by atoms with van der Waals surface area (Å²) in [7, 11) is 2.37. The Morgan fingerprint density at radius 2 is 1.25 bits per heavy atom. The predicted octanol–water partition coefficient (Wildman–Crippen LogP) is 2.90. The van der Waals surface area contributed by atoms with E-state index in [-0.39, 0.29) is 21.4 Å². The van der Waals surface area contributed by atoms with Crippen molar-refractivity contribution in [1.29, 1.82) is 0 Å². The zero-order valence-electron chi connectivity index (χ0n) is 9.25. The zero-order valence-corrected chi connectivity index (χ0v) is 14.0. The molecule has 12 heteroatoms. The van der Waals surface area contributed by atoms with Gasteiger partial charge in [-0.05, 0) is 44.7 Å². The van der Waals surface area contributed by atoms with Gasteiger partial charge in [0.05, 0.1) is 0 Å². The summed E-state index contributed by atoms with van der Waals surface area (Å²) in [4.78, 5) is 22.5. The van der Waals surface area contributed by atoms with Crippen molar-refractivity contribution in [3.05, 3.63) is 21.4 Å². The number of hydrogen-bond acceptors (Lipinski definition) is 8. The predicted molar refractivity (Wildman–Crippen MR) is 83.0 cm³/mol. The molecule has 0 atom stereocenters. The van der Waals surface area contributed by atoms with Crippen LogP contribution < -0.4 is 11.5 Å². The van der Waals surface area contributed by atoms with Crippen LogP contribution in [0.1, 0.15) is 20.7 Å². The molecular weight excluding hydrogens is 383 g/mol. The molecular formula is C8H4Cl2N4O2S4. The molecule has 2 heterocycles. The highest BCUT2D eigenvalue weighted by Crippen LogP contribution is 2.46. The van der Waals surface area contributed by atoms with Crippen molar-refractivity contribution in [2.24, 2.45) is 11.5 Å². The minimum atomic E-state index is -0.663. The molecule has 0 aliphatic heterocycles. The van der Waals surface area contributed by atoms with Gasteiger partial charge in [0, 0.05) is 0 Å². The van der Waals surface area contributed by atoms with Crippen LogP contribution in [0.15, 0.2) is 8.42 Å². The third-order valence-corrected chi connectivity index (χ3v) is 7.58. The topological polar surface area (TPSA) is 112 Å². The van der Waals surface area contributed by atoms with Crippen molar-refractivity contribution in [3.63, 3.8) is 0 Å². The van der Waals surface area contributed by atoms with Gasteiger partial charge in [-0.3, -0.25) is 9.59 Å². The molecule has 106 valence electrons. The van der Waals surface area contributed by atoms with E-state index in [1.54, 1.807) is 0 Å². The fraction of sp³-hybridized carbons (Fsp3) is 0. The summed E-state index contributed by atoms with van der Waals surface area (Å²) >= 11 is 13.6. The second-order valence-corrected chi connectivity index (χ2v) is 8.10. The molecule has 6 nitrogen and oxygen atoms in total. The molecule has 2 aromatic rings. The molecule has 0 fully saturated rings. The minimum absolute atomic E-state index is 0.0584. The first-order valence-corrected chi connectivity index (χ1v) is 9.11. The van der Waals surface area contributed by atoms with Crippen LogP contribution in [0.5, 0.6) is 0 Å². The Hall–Kier alpha value is -0.520. The minimum Gasteiger partial charge on any atom is -0.365 e. The van der Waals surface area contributed by atoms with Gasteiger partial charge < -0.3 is 11.5 Å². The van der Waals surface area contributed by atoms with E-state index in [9.17, 15) is 9.59 Å². The van der Waals surface area contributed by atoms with Crippen molar-refractivity contribution >= 4 is 79.7 Å². The molecule has 0 aliphatic rings.